The van der Waals surface area contributed by atoms with Gasteiger partial charge in [0.1, 0.15) is 0 Å². The smallest absolute Gasteiger partial charge is 0.252 e. The number of amides is 1. The monoisotopic (exact) mass is 370 g/mol. The van der Waals surface area contributed by atoms with E-state index in [9.17, 15) is 4.79 Å². The number of nitrogens with zero attached hydrogens (tertiary/aromatic N) is 3. The molecule has 136 valence electrons. The lowest BCUT2D eigenvalue weighted by molar-refractivity contribution is 0.0859. The fraction of sp³-hybridized carbons (Fsp3) is 0.421. The van der Waals surface area contributed by atoms with Crippen LogP contribution < -0.4 is 5.32 Å². The number of thiophene rings is 1. The average molecular weight is 370 g/mol. The van der Waals surface area contributed by atoms with Crippen LogP contribution in [0.3, 0.4) is 0 Å². The highest BCUT2D eigenvalue weighted by molar-refractivity contribution is 7.13. The molecule has 1 aliphatic heterocycles. The Morgan fingerprint density at radius 3 is 3.08 bits per heavy atom. The van der Waals surface area contributed by atoms with Crippen molar-refractivity contribution in [2.75, 3.05) is 13.2 Å². The molecule has 4 rings (SSSR count). The van der Waals surface area contributed by atoms with Crippen LogP contribution in [0.5, 0.6) is 0 Å². The average Bonchev–Trinajstić information content (AvgIpc) is 3.39. The molecule has 1 amide bonds. The van der Waals surface area contributed by atoms with Crippen LogP contribution in [-0.4, -0.2) is 39.9 Å². The van der Waals surface area contributed by atoms with Crippen molar-refractivity contribution in [3.63, 3.8) is 0 Å². The lowest BCUT2D eigenvalue weighted by atomic mass is 10.1. The van der Waals surface area contributed by atoms with Crippen molar-refractivity contribution in [3.05, 3.63) is 35.3 Å². The Bertz CT molecular complexity index is 911. The number of hydrogen-bond acceptors (Lipinski definition) is 5. The number of rotatable bonds is 5. The zero-order valence-corrected chi connectivity index (χ0v) is 15.8. The van der Waals surface area contributed by atoms with Gasteiger partial charge in [0.25, 0.3) is 5.91 Å². The molecule has 0 aliphatic carbocycles. The minimum atomic E-state index is -0.103. The van der Waals surface area contributed by atoms with Crippen molar-refractivity contribution in [3.8, 4) is 10.6 Å². The van der Waals surface area contributed by atoms with Crippen molar-refractivity contribution in [1.82, 2.24) is 20.1 Å². The Labute approximate surface area is 156 Å². The summed E-state index contributed by atoms with van der Waals surface area (Å²) in [5.41, 5.74) is 2.16. The molecular weight excluding hydrogens is 348 g/mol. The summed E-state index contributed by atoms with van der Waals surface area (Å²) in [5.74, 6) is -0.103. The lowest BCUT2D eigenvalue weighted by Crippen LogP contribution is -2.31. The number of hydrogen-bond donors (Lipinski definition) is 1. The van der Waals surface area contributed by atoms with Crippen LogP contribution in [0.15, 0.2) is 29.8 Å². The van der Waals surface area contributed by atoms with Gasteiger partial charge in [0.05, 0.1) is 33.8 Å². The summed E-state index contributed by atoms with van der Waals surface area (Å²) >= 11 is 1.61. The second-order valence-corrected chi connectivity index (χ2v) is 7.75. The van der Waals surface area contributed by atoms with E-state index in [4.69, 9.17) is 9.72 Å². The maximum Gasteiger partial charge on any atom is 0.252 e. The van der Waals surface area contributed by atoms with Crippen LogP contribution in [0.2, 0.25) is 0 Å². The molecule has 1 aliphatic rings. The number of ether oxygens (including phenoxy) is 1. The predicted octanol–water partition coefficient (Wildman–Crippen LogP) is 3.65. The van der Waals surface area contributed by atoms with Crippen molar-refractivity contribution in [1.29, 1.82) is 0 Å². The Kier molecular flexibility index (Phi) is 4.74. The largest absolute Gasteiger partial charge is 0.376 e. The van der Waals surface area contributed by atoms with Gasteiger partial charge in [-0.2, -0.15) is 5.10 Å². The Morgan fingerprint density at radius 1 is 1.50 bits per heavy atom. The Morgan fingerprint density at radius 2 is 2.38 bits per heavy atom. The third kappa shape index (κ3) is 3.24. The van der Waals surface area contributed by atoms with Gasteiger partial charge in [0, 0.05) is 19.2 Å². The van der Waals surface area contributed by atoms with E-state index in [0.29, 0.717) is 12.1 Å². The first kappa shape index (κ1) is 17.2. The van der Waals surface area contributed by atoms with Crippen LogP contribution in [0.1, 0.15) is 43.1 Å². The molecule has 0 aromatic carbocycles. The molecule has 4 heterocycles. The molecule has 3 aromatic rings. The van der Waals surface area contributed by atoms with E-state index in [1.165, 1.54) is 0 Å². The van der Waals surface area contributed by atoms with E-state index in [-0.39, 0.29) is 18.1 Å². The highest BCUT2D eigenvalue weighted by atomic mass is 32.1. The predicted molar refractivity (Wildman–Crippen MR) is 103 cm³/mol. The van der Waals surface area contributed by atoms with Gasteiger partial charge in [-0.3, -0.25) is 4.79 Å². The molecule has 0 spiro atoms. The quantitative estimate of drug-likeness (QED) is 0.744. The van der Waals surface area contributed by atoms with Gasteiger partial charge in [-0.15, -0.1) is 11.3 Å². The fourth-order valence-corrected chi connectivity index (χ4v) is 3.93. The van der Waals surface area contributed by atoms with E-state index in [2.05, 4.69) is 24.3 Å². The number of nitrogens with one attached hydrogen (secondary N) is 1. The third-order valence-corrected chi connectivity index (χ3v) is 5.48. The summed E-state index contributed by atoms with van der Waals surface area (Å²) in [4.78, 5) is 18.7. The van der Waals surface area contributed by atoms with Crippen molar-refractivity contribution < 1.29 is 9.53 Å². The number of carbonyl (C=O) groups excluding carboxylic acids is 1. The van der Waals surface area contributed by atoms with E-state index in [0.717, 1.165) is 41.1 Å². The Hall–Kier alpha value is -2.25. The van der Waals surface area contributed by atoms with Gasteiger partial charge in [-0.05, 0) is 44.2 Å². The second kappa shape index (κ2) is 7.17. The van der Waals surface area contributed by atoms with Gasteiger partial charge in [0.2, 0.25) is 0 Å². The zero-order chi connectivity index (χ0) is 18.1. The molecule has 1 saturated heterocycles. The number of pyridine rings is 1. The summed E-state index contributed by atoms with van der Waals surface area (Å²) in [6.45, 7) is 5.44. The zero-order valence-electron chi connectivity index (χ0n) is 14.9. The summed E-state index contributed by atoms with van der Waals surface area (Å²) in [6.07, 6.45) is 3.91. The number of aromatic nitrogens is 3. The van der Waals surface area contributed by atoms with E-state index in [1.807, 2.05) is 28.3 Å². The molecule has 1 unspecified atom stereocenters. The molecule has 0 radical (unpaired) electrons. The molecule has 1 atom stereocenters. The normalized spacial score (nSPS) is 17.3. The highest BCUT2D eigenvalue weighted by Gasteiger charge is 2.21. The Balaban J connectivity index is 1.72. The van der Waals surface area contributed by atoms with Crippen LogP contribution in [0.25, 0.3) is 21.6 Å². The maximum atomic E-state index is 12.9. The van der Waals surface area contributed by atoms with Gasteiger partial charge in [-0.1, -0.05) is 6.07 Å². The number of fused-ring (bicyclic) bond motifs is 1. The lowest BCUT2D eigenvalue weighted by Gasteiger charge is -2.12. The van der Waals surface area contributed by atoms with Crippen LogP contribution in [0, 0.1) is 0 Å². The summed E-state index contributed by atoms with van der Waals surface area (Å²) < 4.78 is 7.47. The van der Waals surface area contributed by atoms with Crippen LogP contribution >= 0.6 is 11.3 Å². The van der Waals surface area contributed by atoms with Crippen molar-refractivity contribution in [2.24, 2.45) is 0 Å². The molecule has 3 aromatic heterocycles. The molecule has 1 fully saturated rings. The van der Waals surface area contributed by atoms with Gasteiger partial charge < -0.3 is 10.1 Å². The SMILES string of the molecule is CC(C)n1ncc2c(C(=O)NCC3CCCO3)cc(-c3cccs3)nc21. The standard InChI is InChI=1S/C19H22N4O2S/c1-12(2)23-18-15(11-21-23)14(9-16(22-18)17-6-4-8-26-17)19(24)20-10-13-5-3-7-25-13/h4,6,8-9,11-13H,3,5,7,10H2,1-2H3,(H,20,24). The minimum absolute atomic E-state index is 0.103. The topological polar surface area (TPSA) is 69.0 Å². The molecule has 1 N–H and O–H groups in total. The van der Waals surface area contributed by atoms with E-state index in [1.54, 1.807) is 17.5 Å². The minimum Gasteiger partial charge on any atom is -0.376 e. The molecule has 0 bridgehead atoms. The van der Waals surface area contributed by atoms with Crippen LogP contribution in [0.4, 0.5) is 0 Å². The fourth-order valence-electron chi connectivity index (χ4n) is 3.24. The highest BCUT2D eigenvalue weighted by Crippen LogP contribution is 2.29. The second-order valence-electron chi connectivity index (χ2n) is 6.80. The third-order valence-electron chi connectivity index (χ3n) is 4.59. The molecular formula is C19H22N4O2S. The number of carbonyl (C=O) groups is 1. The summed E-state index contributed by atoms with van der Waals surface area (Å²) in [5, 5.41) is 10.3. The molecule has 26 heavy (non-hydrogen) atoms. The summed E-state index contributed by atoms with van der Waals surface area (Å²) in [6, 6.07) is 6.04. The van der Waals surface area contributed by atoms with Crippen molar-refractivity contribution in [2.45, 2.75) is 38.8 Å². The van der Waals surface area contributed by atoms with E-state index < -0.39 is 0 Å². The molecule has 0 saturated carbocycles. The van der Waals surface area contributed by atoms with Crippen LogP contribution in [-0.2, 0) is 4.74 Å². The van der Waals surface area contributed by atoms with E-state index >= 15 is 0 Å². The maximum absolute atomic E-state index is 12.9. The van der Waals surface area contributed by atoms with Gasteiger partial charge in [0.15, 0.2) is 5.65 Å². The first-order chi connectivity index (χ1) is 12.6. The first-order valence-electron chi connectivity index (χ1n) is 8.95. The summed E-state index contributed by atoms with van der Waals surface area (Å²) in [7, 11) is 0. The molecule has 7 heteroatoms. The first-order valence-corrected chi connectivity index (χ1v) is 9.83. The van der Waals surface area contributed by atoms with Gasteiger partial charge >= 0.3 is 0 Å². The van der Waals surface area contributed by atoms with Crippen molar-refractivity contribution >= 4 is 28.3 Å². The van der Waals surface area contributed by atoms with Gasteiger partial charge in [-0.25, -0.2) is 9.67 Å². The molecule has 6 nitrogen and oxygen atoms in total.